The average Bonchev–Trinajstić information content (AvgIpc) is 2.99. The molecular weight excluding hydrogens is 417 g/mol. The number of anilines is 2. The van der Waals surface area contributed by atoms with E-state index in [9.17, 15) is 22.8 Å². The quantitative estimate of drug-likeness (QED) is 0.533. The molecule has 0 bridgehead atoms. The van der Waals surface area contributed by atoms with Gasteiger partial charge in [-0.25, -0.2) is 4.90 Å². The highest BCUT2D eigenvalue weighted by molar-refractivity contribution is 6.46. The predicted octanol–water partition coefficient (Wildman–Crippen LogP) is 5.72. The molecular formula is C25H19F3N2O2. The monoisotopic (exact) mass is 436 g/mol. The van der Waals surface area contributed by atoms with Crippen molar-refractivity contribution in [1.29, 1.82) is 0 Å². The number of amides is 2. The molecule has 0 atom stereocenters. The van der Waals surface area contributed by atoms with Crippen molar-refractivity contribution in [3.8, 4) is 0 Å². The van der Waals surface area contributed by atoms with Gasteiger partial charge in [-0.05, 0) is 49.7 Å². The van der Waals surface area contributed by atoms with Gasteiger partial charge in [-0.1, -0.05) is 53.6 Å². The van der Waals surface area contributed by atoms with Crippen molar-refractivity contribution in [2.24, 2.45) is 0 Å². The number of nitrogens with zero attached hydrogens (tertiary/aromatic N) is 1. The summed E-state index contributed by atoms with van der Waals surface area (Å²) in [5.41, 5.74) is 2.05. The van der Waals surface area contributed by atoms with Crippen LogP contribution in [-0.4, -0.2) is 11.8 Å². The van der Waals surface area contributed by atoms with Crippen LogP contribution in [0.25, 0.3) is 5.57 Å². The van der Waals surface area contributed by atoms with Gasteiger partial charge in [0.05, 0.1) is 16.8 Å². The predicted molar refractivity (Wildman–Crippen MR) is 117 cm³/mol. The van der Waals surface area contributed by atoms with Crippen molar-refractivity contribution >= 4 is 28.8 Å². The fourth-order valence-electron chi connectivity index (χ4n) is 3.48. The summed E-state index contributed by atoms with van der Waals surface area (Å²) in [7, 11) is 0. The van der Waals surface area contributed by atoms with Gasteiger partial charge in [0.15, 0.2) is 0 Å². The number of carbonyl (C=O) groups excluding carboxylic acids is 2. The molecule has 1 aliphatic heterocycles. The van der Waals surface area contributed by atoms with Gasteiger partial charge in [-0.2, -0.15) is 13.2 Å². The summed E-state index contributed by atoms with van der Waals surface area (Å²) in [6.07, 6.45) is -4.53. The van der Waals surface area contributed by atoms with Crippen LogP contribution >= 0.6 is 0 Å². The third-order valence-electron chi connectivity index (χ3n) is 5.18. The van der Waals surface area contributed by atoms with Gasteiger partial charge in [-0.3, -0.25) is 9.59 Å². The zero-order valence-electron chi connectivity index (χ0n) is 17.3. The van der Waals surface area contributed by atoms with Crippen molar-refractivity contribution in [1.82, 2.24) is 0 Å². The van der Waals surface area contributed by atoms with Crippen LogP contribution in [-0.2, 0) is 15.8 Å². The van der Waals surface area contributed by atoms with E-state index in [0.717, 1.165) is 28.2 Å². The Morgan fingerprint density at radius 2 is 1.38 bits per heavy atom. The third-order valence-corrected chi connectivity index (χ3v) is 5.18. The first-order valence-electron chi connectivity index (χ1n) is 9.86. The second kappa shape index (κ2) is 8.00. The minimum Gasteiger partial charge on any atom is -0.350 e. The van der Waals surface area contributed by atoms with E-state index in [0.29, 0.717) is 11.3 Å². The standard InChI is InChI=1S/C25H19F3N2O2/c1-15-6-10-17(11-7-15)21-22(29-19-5-3-4-18(14-19)25(26,27)28)24(32)30(23(21)31)20-12-8-16(2)9-13-20/h3-14,29H,1-2H3. The second-order valence-corrected chi connectivity index (χ2v) is 7.60. The zero-order valence-corrected chi connectivity index (χ0v) is 17.3. The van der Waals surface area contributed by atoms with Crippen LogP contribution in [0.15, 0.2) is 78.5 Å². The number of carbonyl (C=O) groups is 2. The van der Waals surface area contributed by atoms with Crippen LogP contribution < -0.4 is 10.2 Å². The fourth-order valence-corrected chi connectivity index (χ4v) is 3.48. The molecule has 0 saturated carbocycles. The maximum atomic E-state index is 13.3. The van der Waals surface area contributed by atoms with Crippen LogP contribution in [0.2, 0.25) is 0 Å². The molecule has 1 aliphatic rings. The molecule has 0 aromatic heterocycles. The summed E-state index contributed by atoms with van der Waals surface area (Å²) in [5.74, 6) is -1.18. The van der Waals surface area contributed by atoms with E-state index in [2.05, 4.69) is 5.32 Å². The SMILES string of the molecule is Cc1ccc(C2=C(Nc3cccc(C(F)(F)F)c3)C(=O)N(c3ccc(C)cc3)C2=O)cc1. The molecule has 32 heavy (non-hydrogen) atoms. The number of imide groups is 1. The van der Waals surface area contributed by atoms with Crippen LogP contribution in [0.5, 0.6) is 0 Å². The van der Waals surface area contributed by atoms with E-state index in [-0.39, 0.29) is 17.0 Å². The number of benzene rings is 3. The minimum atomic E-state index is -4.53. The summed E-state index contributed by atoms with van der Waals surface area (Å²) in [5, 5.41) is 2.78. The number of nitrogens with one attached hydrogen (secondary N) is 1. The lowest BCUT2D eigenvalue weighted by Gasteiger charge is -2.16. The Morgan fingerprint density at radius 3 is 1.97 bits per heavy atom. The van der Waals surface area contributed by atoms with E-state index in [1.165, 1.54) is 12.1 Å². The molecule has 7 heteroatoms. The van der Waals surface area contributed by atoms with Gasteiger partial charge in [0.2, 0.25) is 0 Å². The molecule has 0 saturated heterocycles. The smallest absolute Gasteiger partial charge is 0.350 e. The Hall–Kier alpha value is -3.87. The summed E-state index contributed by atoms with van der Waals surface area (Å²) in [4.78, 5) is 27.7. The summed E-state index contributed by atoms with van der Waals surface area (Å²) >= 11 is 0. The third kappa shape index (κ3) is 4.01. The molecule has 1 N–H and O–H groups in total. The fraction of sp³-hybridized carbons (Fsp3) is 0.120. The lowest BCUT2D eigenvalue weighted by atomic mass is 10.0. The largest absolute Gasteiger partial charge is 0.416 e. The summed E-state index contributed by atoms with van der Waals surface area (Å²) in [6, 6.07) is 18.4. The van der Waals surface area contributed by atoms with Crippen LogP contribution in [0.3, 0.4) is 0 Å². The maximum Gasteiger partial charge on any atom is 0.416 e. The van der Waals surface area contributed by atoms with E-state index >= 15 is 0 Å². The highest BCUT2D eigenvalue weighted by Gasteiger charge is 2.40. The average molecular weight is 436 g/mol. The Morgan fingerprint density at radius 1 is 0.781 bits per heavy atom. The Balaban J connectivity index is 1.81. The first kappa shape index (κ1) is 21.4. The Kier molecular flexibility index (Phi) is 5.34. The van der Waals surface area contributed by atoms with E-state index in [1.807, 2.05) is 13.8 Å². The number of aryl methyl sites for hydroxylation is 2. The van der Waals surface area contributed by atoms with E-state index in [4.69, 9.17) is 0 Å². The van der Waals surface area contributed by atoms with Gasteiger partial charge < -0.3 is 5.32 Å². The summed E-state index contributed by atoms with van der Waals surface area (Å²) in [6.45, 7) is 3.77. The first-order chi connectivity index (χ1) is 15.1. The molecule has 0 fully saturated rings. The van der Waals surface area contributed by atoms with Crippen molar-refractivity contribution in [3.63, 3.8) is 0 Å². The number of hydrogen-bond acceptors (Lipinski definition) is 3. The normalized spacial score (nSPS) is 14.3. The molecule has 0 spiro atoms. The highest BCUT2D eigenvalue weighted by Crippen LogP contribution is 2.35. The lowest BCUT2D eigenvalue weighted by Crippen LogP contribution is -2.32. The highest BCUT2D eigenvalue weighted by atomic mass is 19.4. The summed E-state index contributed by atoms with van der Waals surface area (Å²) < 4.78 is 39.4. The molecule has 162 valence electrons. The van der Waals surface area contributed by atoms with Gasteiger partial charge in [0.1, 0.15) is 5.70 Å². The lowest BCUT2D eigenvalue weighted by molar-refractivity contribution is -0.137. The minimum absolute atomic E-state index is 0.0614. The van der Waals surface area contributed by atoms with Crippen molar-refractivity contribution < 1.29 is 22.8 Å². The number of hydrogen-bond donors (Lipinski definition) is 1. The van der Waals surface area contributed by atoms with Gasteiger partial charge in [-0.15, -0.1) is 0 Å². The van der Waals surface area contributed by atoms with Gasteiger partial charge in [0, 0.05) is 5.69 Å². The molecule has 4 nitrogen and oxygen atoms in total. The topological polar surface area (TPSA) is 49.4 Å². The molecule has 3 aromatic carbocycles. The van der Waals surface area contributed by atoms with Crippen LogP contribution in [0.4, 0.5) is 24.5 Å². The number of rotatable bonds is 4. The van der Waals surface area contributed by atoms with Crippen molar-refractivity contribution in [3.05, 3.63) is 101 Å². The van der Waals surface area contributed by atoms with E-state index < -0.39 is 23.6 Å². The Labute approximate surface area is 183 Å². The second-order valence-electron chi connectivity index (χ2n) is 7.60. The molecule has 4 rings (SSSR count). The molecule has 2 amide bonds. The first-order valence-corrected chi connectivity index (χ1v) is 9.86. The van der Waals surface area contributed by atoms with Gasteiger partial charge in [0.25, 0.3) is 11.8 Å². The molecule has 0 radical (unpaired) electrons. The van der Waals surface area contributed by atoms with Crippen molar-refractivity contribution in [2.75, 3.05) is 10.2 Å². The van der Waals surface area contributed by atoms with Crippen LogP contribution in [0, 0.1) is 13.8 Å². The number of alkyl halides is 3. The molecule has 0 aliphatic carbocycles. The zero-order chi connectivity index (χ0) is 23.0. The molecule has 0 unspecified atom stereocenters. The molecule has 3 aromatic rings. The van der Waals surface area contributed by atoms with Crippen molar-refractivity contribution in [2.45, 2.75) is 20.0 Å². The maximum absolute atomic E-state index is 13.3. The Bertz CT molecular complexity index is 1230. The molecule has 1 heterocycles. The number of halogens is 3. The van der Waals surface area contributed by atoms with Gasteiger partial charge >= 0.3 is 6.18 Å². The van der Waals surface area contributed by atoms with Crippen LogP contribution in [0.1, 0.15) is 22.3 Å². The van der Waals surface area contributed by atoms with E-state index in [1.54, 1.807) is 48.5 Å².